The number of aliphatic hydroxyl groups is 1. The van der Waals surface area contributed by atoms with Crippen LogP contribution in [0.25, 0.3) is 0 Å². The molecule has 350 valence electrons. The number of hydrogen-bond donors (Lipinski definition) is 7. The predicted octanol–water partition coefficient (Wildman–Crippen LogP) is 3.03. The fraction of sp³-hybridized carbons (Fsp3) is 0.435. The van der Waals surface area contributed by atoms with Gasteiger partial charge in [0.15, 0.2) is 6.10 Å². The summed E-state index contributed by atoms with van der Waals surface area (Å²) in [6.45, 7) is 12.9. The molecule has 3 aromatic carbocycles. The number of carbonyl (C=O) groups is 8. The largest absolute Gasteiger partial charge is 0.413 e. The van der Waals surface area contributed by atoms with Crippen LogP contribution in [0.3, 0.4) is 0 Å². The molecule has 18 nitrogen and oxygen atoms in total. The number of hydrogen-bond acceptors (Lipinski definition) is 12. The highest BCUT2D eigenvalue weighted by Crippen LogP contribution is 2.40. The molecule has 1 heterocycles. The van der Waals surface area contributed by atoms with E-state index in [0.717, 1.165) is 4.90 Å². The smallest absolute Gasteiger partial charge is 0.410 e. The molecule has 0 saturated carbocycles. The molecular weight excluding hydrogens is 859 g/mol. The van der Waals surface area contributed by atoms with Crippen molar-refractivity contribution >= 4 is 59.4 Å². The SMILES string of the molecule is CC(C)[C@H](NC(=O)[C@H](C)NC(=O)Oc1ccccc1)C(=O)NC(=O)[C@H]1N(C(=O)[C@@H](O)[C@H](Cc2ccccc2)NC(=O)[C@@H](NC(=O)[C@H](C)NC(=O)Oc2ccccc2)C(C)C)CSC1(C)C. The van der Waals surface area contributed by atoms with E-state index in [4.69, 9.17) is 9.47 Å². The Morgan fingerprint density at radius 3 is 1.51 bits per heavy atom. The van der Waals surface area contributed by atoms with Crippen molar-refractivity contribution in [3.05, 3.63) is 96.6 Å². The van der Waals surface area contributed by atoms with Gasteiger partial charge in [-0.25, -0.2) is 9.59 Å². The third-order valence-corrected chi connectivity index (χ3v) is 11.8. The molecule has 65 heavy (non-hydrogen) atoms. The van der Waals surface area contributed by atoms with E-state index in [0.29, 0.717) is 5.56 Å². The average molecular weight is 918 g/mol. The fourth-order valence-electron chi connectivity index (χ4n) is 6.77. The number of rotatable bonds is 18. The predicted molar refractivity (Wildman–Crippen MR) is 242 cm³/mol. The van der Waals surface area contributed by atoms with Gasteiger partial charge in [0.1, 0.15) is 41.7 Å². The van der Waals surface area contributed by atoms with Crippen LogP contribution in [0.1, 0.15) is 61.0 Å². The number of para-hydroxylation sites is 2. The number of nitrogens with one attached hydrogen (secondary N) is 6. The lowest BCUT2D eigenvalue weighted by atomic mass is 9.96. The maximum absolute atomic E-state index is 14.3. The van der Waals surface area contributed by atoms with E-state index in [-0.39, 0.29) is 23.8 Å². The van der Waals surface area contributed by atoms with Gasteiger partial charge in [-0.3, -0.25) is 34.1 Å². The van der Waals surface area contributed by atoms with Gasteiger partial charge < -0.3 is 46.1 Å². The van der Waals surface area contributed by atoms with E-state index >= 15 is 0 Å². The van der Waals surface area contributed by atoms with Crippen LogP contribution in [-0.2, 0) is 35.2 Å². The first kappa shape index (κ1) is 51.2. The maximum Gasteiger partial charge on any atom is 0.413 e. The number of imide groups is 1. The Labute approximate surface area is 382 Å². The lowest BCUT2D eigenvalue weighted by Gasteiger charge is -2.34. The molecule has 0 aromatic heterocycles. The Kier molecular flexibility index (Phi) is 18.5. The van der Waals surface area contributed by atoms with Gasteiger partial charge in [-0.1, -0.05) is 94.4 Å². The third kappa shape index (κ3) is 14.8. The van der Waals surface area contributed by atoms with Crippen LogP contribution in [-0.4, -0.2) is 111 Å². The van der Waals surface area contributed by atoms with Crippen LogP contribution in [0.4, 0.5) is 9.59 Å². The van der Waals surface area contributed by atoms with Gasteiger partial charge in [-0.05, 0) is 75.8 Å². The molecule has 3 aromatic rings. The second-order valence-corrected chi connectivity index (χ2v) is 18.4. The van der Waals surface area contributed by atoms with Gasteiger partial charge in [-0.15, -0.1) is 11.8 Å². The van der Waals surface area contributed by atoms with Crippen molar-refractivity contribution in [3.8, 4) is 11.5 Å². The zero-order chi connectivity index (χ0) is 48.0. The minimum Gasteiger partial charge on any atom is -0.410 e. The summed E-state index contributed by atoms with van der Waals surface area (Å²) in [7, 11) is 0. The van der Waals surface area contributed by atoms with E-state index in [9.17, 15) is 43.5 Å². The molecule has 1 aliphatic rings. The van der Waals surface area contributed by atoms with E-state index < -0.39 is 107 Å². The highest BCUT2D eigenvalue weighted by Gasteiger charge is 2.50. The molecule has 7 N–H and O–H groups in total. The van der Waals surface area contributed by atoms with Crippen LogP contribution in [0.15, 0.2) is 91.0 Å². The number of benzene rings is 3. The van der Waals surface area contributed by atoms with Crippen molar-refractivity contribution in [2.45, 2.75) is 109 Å². The first-order valence-corrected chi connectivity index (χ1v) is 22.2. The Bertz CT molecular complexity index is 2140. The summed E-state index contributed by atoms with van der Waals surface area (Å²) < 4.78 is 9.42. The quantitative estimate of drug-likeness (QED) is 0.0973. The van der Waals surface area contributed by atoms with Gasteiger partial charge in [0.05, 0.1) is 11.9 Å². The van der Waals surface area contributed by atoms with Gasteiger partial charge in [0, 0.05) is 4.75 Å². The van der Waals surface area contributed by atoms with E-state index in [1.807, 2.05) is 0 Å². The van der Waals surface area contributed by atoms with Crippen LogP contribution in [0.5, 0.6) is 11.5 Å². The fourth-order valence-corrected chi connectivity index (χ4v) is 7.91. The number of amides is 8. The van der Waals surface area contributed by atoms with E-state index in [2.05, 4.69) is 31.9 Å². The second-order valence-electron chi connectivity index (χ2n) is 16.8. The zero-order valence-electron chi connectivity index (χ0n) is 37.7. The van der Waals surface area contributed by atoms with Crippen LogP contribution in [0.2, 0.25) is 0 Å². The normalized spacial score (nSPS) is 17.0. The molecule has 1 fully saturated rings. The average Bonchev–Trinajstić information content (AvgIpc) is 3.58. The lowest BCUT2D eigenvalue weighted by Crippen LogP contribution is -2.62. The van der Waals surface area contributed by atoms with Gasteiger partial charge in [-0.2, -0.15) is 0 Å². The zero-order valence-corrected chi connectivity index (χ0v) is 38.5. The third-order valence-electron chi connectivity index (χ3n) is 10.4. The van der Waals surface area contributed by atoms with Crippen molar-refractivity contribution in [2.24, 2.45) is 11.8 Å². The summed E-state index contributed by atoms with van der Waals surface area (Å²) >= 11 is 1.23. The monoisotopic (exact) mass is 917 g/mol. The summed E-state index contributed by atoms with van der Waals surface area (Å²) in [5.41, 5.74) is 0.653. The minimum atomic E-state index is -1.92. The summed E-state index contributed by atoms with van der Waals surface area (Å²) in [5.74, 6) is -5.37. The molecule has 0 unspecified atom stereocenters. The van der Waals surface area contributed by atoms with Crippen molar-refractivity contribution in [1.82, 2.24) is 36.8 Å². The molecule has 0 spiro atoms. The van der Waals surface area contributed by atoms with Crippen molar-refractivity contribution in [1.29, 1.82) is 0 Å². The molecule has 4 rings (SSSR count). The minimum absolute atomic E-state index is 0.0335. The molecule has 0 radical (unpaired) electrons. The van der Waals surface area contributed by atoms with Crippen molar-refractivity contribution < 1.29 is 52.9 Å². The number of ether oxygens (including phenoxy) is 2. The highest BCUT2D eigenvalue weighted by atomic mass is 32.2. The molecule has 19 heteroatoms. The van der Waals surface area contributed by atoms with Gasteiger partial charge >= 0.3 is 12.2 Å². The highest BCUT2D eigenvalue weighted by molar-refractivity contribution is 8.00. The number of nitrogens with zero attached hydrogens (tertiary/aromatic N) is 1. The summed E-state index contributed by atoms with van der Waals surface area (Å²) in [6, 6.07) is 17.9. The van der Waals surface area contributed by atoms with Gasteiger partial charge in [0.2, 0.25) is 23.6 Å². The van der Waals surface area contributed by atoms with Crippen molar-refractivity contribution in [3.63, 3.8) is 0 Å². The van der Waals surface area contributed by atoms with Gasteiger partial charge in [0.25, 0.3) is 11.8 Å². The molecular formula is C46H59N7O11S. The van der Waals surface area contributed by atoms with E-state index in [1.165, 1.54) is 25.6 Å². The number of carbonyl (C=O) groups excluding carboxylic acids is 8. The molecule has 1 aliphatic heterocycles. The molecule has 8 amide bonds. The maximum atomic E-state index is 14.3. The van der Waals surface area contributed by atoms with Crippen LogP contribution >= 0.6 is 11.8 Å². The Hall–Kier alpha value is -6.47. The summed E-state index contributed by atoms with van der Waals surface area (Å²) in [4.78, 5) is 108. The first-order chi connectivity index (χ1) is 30.7. The summed E-state index contributed by atoms with van der Waals surface area (Å²) in [5, 5.41) is 27.0. The lowest BCUT2D eigenvalue weighted by molar-refractivity contribution is -0.149. The van der Waals surface area contributed by atoms with Crippen LogP contribution in [0, 0.1) is 11.8 Å². The number of thioether (sulfide) groups is 1. The Balaban J connectivity index is 1.46. The molecule has 7 atom stereocenters. The first-order valence-electron chi connectivity index (χ1n) is 21.2. The molecule has 0 aliphatic carbocycles. The number of aliphatic hydroxyl groups excluding tert-OH is 1. The second kappa shape index (κ2) is 23.5. The van der Waals surface area contributed by atoms with E-state index in [1.54, 1.807) is 133 Å². The molecule has 0 bridgehead atoms. The van der Waals surface area contributed by atoms with Crippen LogP contribution < -0.4 is 41.4 Å². The topological polar surface area (TPSA) is 251 Å². The van der Waals surface area contributed by atoms with Crippen molar-refractivity contribution in [2.75, 3.05) is 5.88 Å². The summed E-state index contributed by atoms with van der Waals surface area (Å²) in [6.07, 6.45) is -3.73. The Morgan fingerprint density at radius 1 is 0.631 bits per heavy atom. The Morgan fingerprint density at radius 2 is 1.06 bits per heavy atom. The molecule has 1 saturated heterocycles. The standard InChI is InChI=1S/C46H59N7O11S/c1-26(2)34(50-38(55)28(5)47-44(61)63-31-20-14-10-15-21-31)40(57)49-33(24-30-18-12-9-13-19-30)36(54)43(60)53-25-65-46(7,8)37(53)42(59)52-41(58)35(27(3)4)51-39(56)29(6)48-45(62)64-32-22-16-11-17-23-32/h9-23,26-29,33-37,54H,24-25H2,1-8H3,(H,47,61)(H,48,62)(H,49,57)(H,50,55)(H,51,56)(H,52,58,59)/t28-,29-,33-,34-,35-,36-,37+/m0/s1.